The fourth-order valence-electron chi connectivity index (χ4n) is 2.11. The highest BCUT2D eigenvalue weighted by Gasteiger charge is 2.17. The van der Waals surface area contributed by atoms with Crippen molar-refractivity contribution in [1.82, 2.24) is 15.1 Å². The van der Waals surface area contributed by atoms with Crippen molar-refractivity contribution in [3.05, 3.63) is 23.2 Å². The van der Waals surface area contributed by atoms with E-state index in [0.717, 1.165) is 13.0 Å². The lowest BCUT2D eigenvalue weighted by molar-refractivity contribution is 0.294. The van der Waals surface area contributed by atoms with Crippen molar-refractivity contribution in [2.75, 3.05) is 13.6 Å². The lowest BCUT2D eigenvalue weighted by Gasteiger charge is -2.28. The number of aromatic nitrogens is 2. The molecular weight excluding hydrogens is 218 g/mol. The van der Waals surface area contributed by atoms with Gasteiger partial charge in [-0.05, 0) is 32.0 Å². The summed E-state index contributed by atoms with van der Waals surface area (Å²) in [6.45, 7) is 3.40. The summed E-state index contributed by atoms with van der Waals surface area (Å²) in [4.78, 5) is 4.95. The maximum Gasteiger partial charge on any atom is 0.118 e. The van der Waals surface area contributed by atoms with Crippen molar-refractivity contribution in [1.29, 1.82) is 0 Å². The number of thiophene rings is 1. The number of hydrogen-bond donors (Lipinski definition) is 1. The summed E-state index contributed by atoms with van der Waals surface area (Å²) in [7, 11) is 2.18. The standard InChI is InChI=1S/C12H15N3S/c1-8-5-9(3-4-15(8)2)11-6-10-7-13-14-12(10)16-11/h5-8H,3-4H2,1-2H3,(H,13,14). The molecule has 0 fully saturated rings. The van der Waals surface area contributed by atoms with Crippen LogP contribution in [-0.4, -0.2) is 34.7 Å². The Morgan fingerprint density at radius 1 is 1.56 bits per heavy atom. The highest BCUT2D eigenvalue weighted by Crippen LogP contribution is 2.32. The third kappa shape index (κ3) is 1.58. The Bertz CT molecular complexity index is 509. The summed E-state index contributed by atoms with van der Waals surface area (Å²) in [6.07, 6.45) is 5.42. The van der Waals surface area contributed by atoms with Crippen LogP contribution in [0.15, 0.2) is 18.3 Å². The number of nitrogens with one attached hydrogen (secondary N) is 1. The molecule has 0 saturated carbocycles. The maximum atomic E-state index is 4.03. The van der Waals surface area contributed by atoms with Crippen LogP contribution in [-0.2, 0) is 0 Å². The molecule has 84 valence electrons. The van der Waals surface area contributed by atoms with Crippen LogP contribution < -0.4 is 0 Å². The molecule has 0 bridgehead atoms. The smallest absolute Gasteiger partial charge is 0.118 e. The van der Waals surface area contributed by atoms with E-state index in [1.165, 1.54) is 20.7 Å². The average Bonchev–Trinajstić information content (AvgIpc) is 2.81. The van der Waals surface area contributed by atoms with Crippen LogP contribution in [0.5, 0.6) is 0 Å². The van der Waals surface area contributed by atoms with Gasteiger partial charge in [-0.3, -0.25) is 10.00 Å². The highest BCUT2D eigenvalue weighted by molar-refractivity contribution is 7.19. The molecule has 0 spiro atoms. The SMILES string of the molecule is CC1C=C(c2cc3cn[nH]c3s2)CCN1C. The summed E-state index contributed by atoms with van der Waals surface area (Å²) >= 11 is 1.81. The molecule has 1 unspecified atom stereocenters. The van der Waals surface area contributed by atoms with Gasteiger partial charge >= 0.3 is 0 Å². The van der Waals surface area contributed by atoms with E-state index in [1.807, 2.05) is 17.5 Å². The lowest BCUT2D eigenvalue weighted by Crippen LogP contribution is -2.31. The second-order valence-corrected chi connectivity index (χ2v) is 5.48. The number of aromatic amines is 1. The molecule has 1 atom stereocenters. The topological polar surface area (TPSA) is 31.9 Å². The summed E-state index contributed by atoms with van der Waals surface area (Å²) < 4.78 is 0. The van der Waals surface area contributed by atoms with Crippen LogP contribution >= 0.6 is 11.3 Å². The van der Waals surface area contributed by atoms with E-state index < -0.39 is 0 Å². The van der Waals surface area contributed by atoms with Gasteiger partial charge in [-0.1, -0.05) is 6.08 Å². The zero-order chi connectivity index (χ0) is 11.1. The second-order valence-electron chi connectivity index (χ2n) is 4.43. The first-order valence-corrected chi connectivity index (χ1v) is 6.40. The van der Waals surface area contributed by atoms with Crippen LogP contribution in [0.1, 0.15) is 18.2 Å². The van der Waals surface area contributed by atoms with E-state index in [-0.39, 0.29) is 0 Å². The molecule has 1 aliphatic rings. The van der Waals surface area contributed by atoms with E-state index in [1.54, 1.807) is 0 Å². The molecule has 0 aliphatic carbocycles. The summed E-state index contributed by atoms with van der Waals surface area (Å²) in [5.74, 6) is 0. The molecule has 3 nitrogen and oxygen atoms in total. The van der Waals surface area contributed by atoms with Crippen LogP contribution in [0.2, 0.25) is 0 Å². The average molecular weight is 233 g/mol. The van der Waals surface area contributed by atoms with Gasteiger partial charge in [0.25, 0.3) is 0 Å². The van der Waals surface area contributed by atoms with E-state index in [9.17, 15) is 0 Å². The van der Waals surface area contributed by atoms with Crippen LogP contribution in [0, 0.1) is 0 Å². The Kier molecular flexibility index (Phi) is 2.33. The van der Waals surface area contributed by atoms with Gasteiger partial charge in [-0.15, -0.1) is 11.3 Å². The summed E-state index contributed by atoms with van der Waals surface area (Å²) in [5, 5.41) is 8.29. The van der Waals surface area contributed by atoms with Crippen molar-refractivity contribution in [3.63, 3.8) is 0 Å². The first-order valence-electron chi connectivity index (χ1n) is 5.58. The van der Waals surface area contributed by atoms with Gasteiger partial charge in [0.05, 0.1) is 6.20 Å². The Hall–Kier alpha value is -1.13. The monoisotopic (exact) mass is 233 g/mol. The molecule has 3 rings (SSSR count). The Morgan fingerprint density at radius 2 is 2.44 bits per heavy atom. The normalized spacial score (nSPS) is 22.6. The first-order chi connectivity index (χ1) is 7.74. The molecule has 16 heavy (non-hydrogen) atoms. The molecule has 0 aromatic carbocycles. The first kappa shape index (κ1) is 10.1. The molecule has 1 N–H and O–H groups in total. The van der Waals surface area contributed by atoms with Gasteiger partial charge in [0.2, 0.25) is 0 Å². The quantitative estimate of drug-likeness (QED) is 0.821. The van der Waals surface area contributed by atoms with Gasteiger partial charge in [0.1, 0.15) is 4.83 Å². The molecule has 0 saturated heterocycles. The fraction of sp³-hybridized carbons (Fsp3) is 0.417. The molecule has 0 radical (unpaired) electrons. The van der Waals surface area contributed by atoms with E-state index >= 15 is 0 Å². The molecule has 3 heterocycles. The van der Waals surface area contributed by atoms with E-state index in [2.05, 4.69) is 41.2 Å². The number of H-pyrrole nitrogens is 1. The van der Waals surface area contributed by atoms with Crippen molar-refractivity contribution in [3.8, 4) is 0 Å². The Balaban J connectivity index is 1.98. The predicted molar refractivity (Wildman–Crippen MR) is 68.7 cm³/mol. The van der Waals surface area contributed by atoms with Crippen LogP contribution in [0.25, 0.3) is 15.8 Å². The largest absolute Gasteiger partial charge is 0.300 e. The molecule has 1 aliphatic heterocycles. The second kappa shape index (κ2) is 3.71. The summed E-state index contributed by atoms with van der Waals surface area (Å²) in [6, 6.07) is 2.79. The van der Waals surface area contributed by atoms with Crippen molar-refractivity contribution < 1.29 is 0 Å². The maximum absolute atomic E-state index is 4.03. The minimum Gasteiger partial charge on any atom is -0.300 e. The van der Waals surface area contributed by atoms with Crippen LogP contribution in [0.4, 0.5) is 0 Å². The lowest BCUT2D eigenvalue weighted by atomic mass is 10.0. The molecule has 4 heteroatoms. The van der Waals surface area contributed by atoms with E-state index in [0.29, 0.717) is 6.04 Å². The van der Waals surface area contributed by atoms with Crippen molar-refractivity contribution in [2.45, 2.75) is 19.4 Å². The van der Waals surface area contributed by atoms with Crippen LogP contribution in [0.3, 0.4) is 0 Å². The van der Waals surface area contributed by atoms with Gasteiger partial charge in [0, 0.05) is 22.8 Å². The number of rotatable bonds is 1. The third-order valence-electron chi connectivity index (χ3n) is 3.32. The van der Waals surface area contributed by atoms with Gasteiger partial charge in [-0.2, -0.15) is 5.10 Å². The fourth-order valence-corrected chi connectivity index (χ4v) is 3.15. The molecule has 0 amide bonds. The number of hydrogen-bond acceptors (Lipinski definition) is 3. The van der Waals surface area contributed by atoms with Gasteiger partial charge in [0.15, 0.2) is 0 Å². The van der Waals surface area contributed by atoms with Gasteiger partial charge in [-0.25, -0.2) is 0 Å². The van der Waals surface area contributed by atoms with Crippen molar-refractivity contribution >= 4 is 27.1 Å². The third-order valence-corrected chi connectivity index (χ3v) is 4.45. The van der Waals surface area contributed by atoms with Crippen molar-refractivity contribution in [2.24, 2.45) is 0 Å². The molecular formula is C12H15N3S. The van der Waals surface area contributed by atoms with E-state index in [4.69, 9.17) is 0 Å². The zero-order valence-corrected chi connectivity index (χ0v) is 10.3. The Morgan fingerprint density at radius 3 is 3.19 bits per heavy atom. The number of likely N-dealkylation sites (N-methyl/N-ethyl adjacent to an activating group) is 1. The minimum absolute atomic E-state index is 0.544. The Labute approximate surface area is 98.8 Å². The minimum atomic E-state index is 0.544. The molecule has 2 aromatic heterocycles. The summed E-state index contributed by atoms with van der Waals surface area (Å²) in [5.41, 5.74) is 1.49. The number of nitrogens with zero attached hydrogens (tertiary/aromatic N) is 2. The molecule has 2 aromatic rings. The van der Waals surface area contributed by atoms with Gasteiger partial charge < -0.3 is 0 Å². The predicted octanol–water partition coefficient (Wildman–Crippen LogP) is 2.73. The zero-order valence-electron chi connectivity index (χ0n) is 9.53. The number of fused-ring (bicyclic) bond motifs is 1. The highest BCUT2D eigenvalue weighted by atomic mass is 32.1.